The molecule has 29 heavy (non-hydrogen) atoms. The van der Waals surface area contributed by atoms with Crippen LogP contribution in [0.5, 0.6) is 0 Å². The Kier molecular flexibility index (Phi) is 7.16. The lowest BCUT2D eigenvalue weighted by Crippen LogP contribution is -2.47. The van der Waals surface area contributed by atoms with Crippen LogP contribution in [0.25, 0.3) is 0 Å². The molecule has 2 rings (SSSR count). The van der Waals surface area contributed by atoms with Crippen molar-refractivity contribution in [3.63, 3.8) is 0 Å². The highest BCUT2D eigenvalue weighted by Crippen LogP contribution is 2.26. The first-order chi connectivity index (χ1) is 13.3. The second kappa shape index (κ2) is 8.87. The molecule has 0 saturated carbocycles. The average Bonchev–Trinajstić information content (AvgIpc) is 2.89. The van der Waals surface area contributed by atoms with Gasteiger partial charge in [0.15, 0.2) is 22.2 Å². The molecule has 1 aromatic rings. The maximum Gasteiger partial charge on any atom is 0.339 e. The third kappa shape index (κ3) is 6.85. The smallest absolute Gasteiger partial charge is 0.339 e. The molecule has 1 atom stereocenters. The number of rotatable bonds is 7. The summed E-state index contributed by atoms with van der Waals surface area (Å²) >= 11 is 1.16. The molecule has 1 heterocycles. The van der Waals surface area contributed by atoms with Crippen LogP contribution in [0.15, 0.2) is 29.2 Å². The Morgan fingerprint density at radius 2 is 1.86 bits per heavy atom. The monoisotopic (exact) mass is 441 g/mol. The topological polar surface area (TPSA) is 107 Å². The highest BCUT2D eigenvalue weighted by molar-refractivity contribution is 8.00. The van der Waals surface area contributed by atoms with E-state index in [1.165, 1.54) is 0 Å². The van der Waals surface area contributed by atoms with E-state index in [4.69, 9.17) is 4.74 Å². The fourth-order valence-electron chi connectivity index (χ4n) is 2.81. The van der Waals surface area contributed by atoms with Gasteiger partial charge in [0.05, 0.1) is 28.4 Å². The summed E-state index contributed by atoms with van der Waals surface area (Å²) in [7, 11) is -3.12. The molecule has 0 aliphatic carbocycles. The molecule has 1 N–H and O–H groups in total. The second-order valence-electron chi connectivity index (χ2n) is 8.49. The van der Waals surface area contributed by atoms with E-state index in [2.05, 4.69) is 5.32 Å². The molecule has 1 amide bonds. The molecule has 0 radical (unpaired) electrons. The third-order valence-corrected chi connectivity index (χ3v) is 7.56. The lowest BCUT2D eigenvalue weighted by Gasteiger charge is -2.23. The Morgan fingerprint density at radius 3 is 2.45 bits per heavy atom. The molecule has 160 valence electrons. The number of benzene rings is 1. The number of carbonyl (C=O) groups is 3. The van der Waals surface area contributed by atoms with Crippen LogP contribution in [-0.4, -0.2) is 55.5 Å². The lowest BCUT2D eigenvalue weighted by atomic mass is 9.91. The number of ether oxygens (including phenoxy) is 1. The summed E-state index contributed by atoms with van der Waals surface area (Å²) in [6, 6.07) is 6.69. The number of sulfone groups is 1. The average molecular weight is 442 g/mol. The van der Waals surface area contributed by atoms with Gasteiger partial charge in [0.25, 0.3) is 0 Å². The number of ketones is 1. The Labute approximate surface area is 175 Å². The van der Waals surface area contributed by atoms with Crippen molar-refractivity contribution in [1.82, 2.24) is 5.32 Å². The number of nitrogens with one attached hydrogen (secondary N) is 1. The van der Waals surface area contributed by atoms with Crippen molar-refractivity contribution in [2.24, 2.45) is 5.41 Å². The Balaban J connectivity index is 1.96. The van der Waals surface area contributed by atoms with Gasteiger partial charge in [-0.3, -0.25) is 9.59 Å². The van der Waals surface area contributed by atoms with Crippen LogP contribution < -0.4 is 5.32 Å². The quantitative estimate of drug-likeness (QED) is 0.511. The van der Waals surface area contributed by atoms with Crippen LogP contribution in [0.1, 0.15) is 44.5 Å². The van der Waals surface area contributed by atoms with Gasteiger partial charge in [-0.1, -0.05) is 32.9 Å². The van der Waals surface area contributed by atoms with Gasteiger partial charge >= 0.3 is 5.97 Å². The Hall–Kier alpha value is -1.87. The molecule has 0 unspecified atom stereocenters. The van der Waals surface area contributed by atoms with Crippen LogP contribution in [0.3, 0.4) is 0 Å². The largest absolute Gasteiger partial charge is 0.454 e. The number of carbonyl (C=O) groups excluding carboxylic acids is 3. The maximum absolute atomic E-state index is 12.4. The molecule has 1 aromatic carbocycles. The van der Waals surface area contributed by atoms with E-state index in [0.717, 1.165) is 11.8 Å². The van der Waals surface area contributed by atoms with Crippen LogP contribution in [-0.2, 0) is 24.2 Å². The van der Waals surface area contributed by atoms with Crippen molar-refractivity contribution < 1.29 is 27.5 Å². The zero-order chi connectivity index (χ0) is 21.9. The molecule has 0 bridgehead atoms. The summed E-state index contributed by atoms with van der Waals surface area (Å²) < 4.78 is 28.5. The fourth-order valence-corrected chi connectivity index (χ4v) is 5.75. The van der Waals surface area contributed by atoms with Crippen molar-refractivity contribution in [1.29, 1.82) is 0 Å². The van der Waals surface area contributed by atoms with Crippen molar-refractivity contribution in [3.8, 4) is 0 Å². The first kappa shape index (κ1) is 23.4. The first-order valence-electron chi connectivity index (χ1n) is 9.25. The van der Waals surface area contributed by atoms with Gasteiger partial charge in [-0.05, 0) is 25.5 Å². The van der Waals surface area contributed by atoms with Crippen molar-refractivity contribution in [2.45, 2.75) is 44.6 Å². The number of Topliss-reactive ketones (excluding diaryl/α,β-unsaturated/α-hetero) is 1. The highest BCUT2D eigenvalue weighted by atomic mass is 32.2. The molecule has 1 aliphatic heterocycles. The Bertz CT molecular complexity index is 904. The summed E-state index contributed by atoms with van der Waals surface area (Å²) in [4.78, 5) is 37.2. The lowest BCUT2D eigenvalue weighted by molar-refractivity contribution is -0.129. The van der Waals surface area contributed by atoms with E-state index in [-0.39, 0.29) is 41.1 Å². The predicted molar refractivity (Wildman–Crippen MR) is 112 cm³/mol. The van der Waals surface area contributed by atoms with Gasteiger partial charge in [0, 0.05) is 10.3 Å². The summed E-state index contributed by atoms with van der Waals surface area (Å²) in [5.74, 6) is -1.09. The number of amides is 1. The van der Waals surface area contributed by atoms with Gasteiger partial charge in [0.1, 0.15) is 0 Å². The summed E-state index contributed by atoms with van der Waals surface area (Å²) in [6.45, 7) is 6.66. The predicted octanol–water partition coefficient (Wildman–Crippen LogP) is 2.24. The maximum atomic E-state index is 12.4. The van der Waals surface area contributed by atoms with Gasteiger partial charge in [-0.25, -0.2) is 13.2 Å². The van der Waals surface area contributed by atoms with Crippen LogP contribution in [0.4, 0.5) is 0 Å². The van der Waals surface area contributed by atoms with Gasteiger partial charge in [-0.2, -0.15) is 0 Å². The zero-order valence-electron chi connectivity index (χ0n) is 17.1. The van der Waals surface area contributed by atoms with Crippen LogP contribution >= 0.6 is 11.8 Å². The van der Waals surface area contributed by atoms with Gasteiger partial charge < -0.3 is 10.1 Å². The minimum Gasteiger partial charge on any atom is -0.454 e. The highest BCUT2D eigenvalue weighted by Gasteiger charge is 2.39. The van der Waals surface area contributed by atoms with E-state index in [0.29, 0.717) is 11.3 Å². The summed E-state index contributed by atoms with van der Waals surface area (Å²) in [5, 5.41) is 2.79. The SMILES string of the molecule is CC(C)(C)C(=O)COC(=O)c1ccccc1SCC(=O)N[C@@]1(C)CCS(=O)(=O)C1. The minimum absolute atomic E-state index is 0.0286. The van der Waals surface area contributed by atoms with Crippen LogP contribution in [0.2, 0.25) is 0 Å². The molecule has 1 saturated heterocycles. The number of hydrogen-bond donors (Lipinski definition) is 1. The van der Waals surface area contributed by atoms with Crippen LogP contribution in [0, 0.1) is 5.41 Å². The van der Waals surface area contributed by atoms with E-state index < -0.39 is 26.8 Å². The molecular weight excluding hydrogens is 414 g/mol. The van der Waals surface area contributed by atoms with Crippen molar-refractivity contribution in [3.05, 3.63) is 29.8 Å². The van der Waals surface area contributed by atoms with Gasteiger partial charge in [-0.15, -0.1) is 11.8 Å². The van der Waals surface area contributed by atoms with E-state index in [1.807, 2.05) is 0 Å². The number of hydrogen-bond acceptors (Lipinski definition) is 7. The molecule has 0 aromatic heterocycles. The molecule has 9 heteroatoms. The summed E-state index contributed by atoms with van der Waals surface area (Å²) in [5.41, 5.74) is -1.08. The molecule has 7 nitrogen and oxygen atoms in total. The molecule has 0 spiro atoms. The summed E-state index contributed by atoms with van der Waals surface area (Å²) in [6.07, 6.45) is 0.385. The minimum atomic E-state index is -3.12. The van der Waals surface area contributed by atoms with Crippen molar-refractivity contribution in [2.75, 3.05) is 23.9 Å². The standard InChI is InChI=1S/C20H27NO6S2/c1-19(2,3)16(22)11-27-18(24)14-7-5-6-8-15(14)28-12-17(23)21-20(4)9-10-29(25,26)13-20/h5-8H,9-13H2,1-4H3,(H,21,23)/t20-/m0/s1. The van der Waals surface area contributed by atoms with Gasteiger partial charge in [0.2, 0.25) is 5.91 Å². The van der Waals surface area contributed by atoms with E-state index >= 15 is 0 Å². The van der Waals surface area contributed by atoms with E-state index in [9.17, 15) is 22.8 Å². The zero-order valence-corrected chi connectivity index (χ0v) is 18.7. The normalized spacial score (nSPS) is 20.8. The third-order valence-electron chi connectivity index (χ3n) is 4.58. The molecule has 1 aliphatic rings. The first-order valence-corrected chi connectivity index (χ1v) is 12.1. The van der Waals surface area contributed by atoms with E-state index in [1.54, 1.807) is 52.0 Å². The number of esters is 1. The molecule has 1 fully saturated rings. The Morgan fingerprint density at radius 1 is 1.21 bits per heavy atom. The van der Waals surface area contributed by atoms with Crippen molar-refractivity contribution >= 4 is 39.3 Å². The fraction of sp³-hybridized carbons (Fsp3) is 0.550. The molecular formula is C20H27NO6S2. The number of thioether (sulfide) groups is 1. The second-order valence-corrected chi connectivity index (χ2v) is 11.7.